The van der Waals surface area contributed by atoms with Gasteiger partial charge in [-0.15, -0.1) is 0 Å². The second-order valence-electron chi connectivity index (χ2n) is 9.82. The molecule has 0 unspecified atom stereocenters. The van der Waals surface area contributed by atoms with Crippen molar-refractivity contribution < 1.29 is 33.9 Å². The van der Waals surface area contributed by atoms with Gasteiger partial charge in [-0.25, -0.2) is 4.79 Å². The van der Waals surface area contributed by atoms with E-state index in [0.717, 1.165) is 0 Å². The largest absolute Gasteiger partial charge is 0.507 e. The fourth-order valence-electron chi connectivity index (χ4n) is 5.62. The minimum atomic E-state index is -1.14. The van der Waals surface area contributed by atoms with E-state index >= 15 is 0 Å². The van der Waals surface area contributed by atoms with Gasteiger partial charge in [-0.1, -0.05) is 18.7 Å². The number of aliphatic hydroxyl groups is 2. The molecule has 0 aliphatic carbocycles. The van der Waals surface area contributed by atoms with Gasteiger partial charge in [0.25, 0.3) is 0 Å². The molecule has 9 heteroatoms. The second kappa shape index (κ2) is 9.59. The number of ether oxygens (including phenoxy) is 3. The zero-order chi connectivity index (χ0) is 27.5. The fraction of sp³-hybridized carbons (Fsp3) is 0.345. The lowest BCUT2D eigenvalue weighted by Crippen LogP contribution is -2.58. The molecule has 1 aromatic heterocycles. The molecular weight excluding hydrogens is 490 g/mol. The van der Waals surface area contributed by atoms with Crippen LogP contribution in [0.1, 0.15) is 24.2 Å². The Labute approximate surface area is 219 Å². The summed E-state index contributed by atoms with van der Waals surface area (Å²) in [5.74, 6) is 0.679. The number of rotatable bonds is 5. The van der Waals surface area contributed by atoms with Crippen molar-refractivity contribution in [2.75, 3.05) is 28.3 Å². The van der Waals surface area contributed by atoms with Gasteiger partial charge in [-0.2, -0.15) is 0 Å². The van der Waals surface area contributed by atoms with Gasteiger partial charge in [0.05, 0.1) is 43.2 Å². The monoisotopic (exact) mass is 521 g/mol. The van der Waals surface area contributed by atoms with Crippen molar-refractivity contribution in [1.29, 1.82) is 0 Å². The van der Waals surface area contributed by atoms with Crippen molar-refractivity contribution in [2.24, 2.45) is 0 Å². The third-order valence-electron chi connectivity index (χ3n) is 7.45. The van der Waals surface area contributed by atoms with Crippen LogP contribution in [0, 0.1) is 0 Å². The predicted octanol–water partition coefficient (Wildman–Crippen LogP) is 3.58. The zero-order valence-corrected chi connectivity index (χ0v) is 21.9. The van der Waals surface area contributed by atoms with E-state index in [1.54, 1.807) is 56.3 Å². The molecule has 1 aliphatic heterocycles. The summed E-state index contributed by atoms with van der Waals surface area (Å²) in [5, 5.41) is 35.1. The molecule has 0 bridgehead atoms. The number of benzene rings is 3. The quantitative estimate of drug-likeness (QED) is 0.267. The number of hydrogen-bond donors (Lipinski definition) is 3. The van der Waals surface area contributed by atoms with Gasteiger partial charge in [0, 0.05) is 16.2 Å². The summed E-state index contributed by atoms with van der Waals surface area (Å²) in [5.41, 5.74) is 0.747. The van der Waals surface area contributed by atoms with Crippen LogP contribution in [0.25, 0.3) is 38.6 Å². The number of fused-ring (bicyclic) bond motifs is 5. The molecule has 1 fully saturated rings. The second-order valence-corrected chi connectivity index (χ2v) is 9.82. The van der Waals surface area contributed by atoms with Gasteiger partial charge in [0.2, 0.25) is 0 Å². The van der Waals surface area contributed by atoms with E-state index in [-0.39, 0.29) is 11.3 Å². The molecule has 2 heterocycles. The van der Waals surface area contributed by atoms with Gasteiger partial charge in [0.1, 0.15) is 35.0 Å². The van der Waals surface area contributed by atoms with Crippen molar-refractivity contribution in [2.45, 2.75) is 37.4 Å². The topological polar surface area (TPSA) is 122 Å². The lowest BCUT2D eigenvalue weighted by Gasteiger charge is -2.45. The molecule has 0 radical (unpaired) electrons. The Morgan fingerprint density at radius 1 is 0.974 bits per heavy atom. The number of aromatic hydroxyl groups is 1. The Kier molecular flexibility index (Phi) is 6.56. The minimum absolute atomic E-state index is 0.0956. The molecule has 3 N–H and O–H groups in total. The summed E-state index contributed by atoms with van der Waals surface area (Å²) in [7, 11) is 6.54. The van der Waals surface area contributed by atoms with Crippen LogP contribution in [-0.4, -0.2) is 72.9 Å². The molecule has 0 saturated carbocycles. The number of methoxy groups -OCH3 is 2. The number of likely N-dealkylation sites (N-methyl/N-ethyl adjacent to an activating group) is 1. The maximum atomic E-state index is 13.3. The molecule has 1 aliphatic rings. The number of nitrogens with zero attached hydrogens (tertiary/aromatic N) is 1. The Morgan fingerprint density at radius 3 is 2.29 bits per heavy atom. The molecule has 0 amide bonds. The molecule has 5 rings (SSSR count). The van der Waals surface area contributed by atoms with E-state index < -0.39 is 36.1 Å². The highest BCUT2D eigenvalue weighted by atomic mass is 16.5. The Morgan fingerprint density at radius 2 is 1.66 bits per heavy atom. The highest BCUT2D eigenvalue weighted by Gasteiger charge is 2.45. The SMILES string of the molecule is C=Cc1cc(OC)c2c(c1)c(=O)oc1c2cc(OC)c2c(O)ccc([C@H]3O[C@H](C)[C@@H](O)[C@@H](N(C)C)[C@H]3O)c21. The summed E-state index contributed by atoms with van der Waals surface area (Å²) in [6.07, 6.45) is -1.98. The Balaban J connectivity index is 1.94. The minimum Gasteiger partial charge on any atom is -0.507 e. The predicted molar refractivity (Wildman–Crippen MR) is 145 cm³/mol. The van der Waals surface area contributed by atoms with E-state index in [4.69, 9.17) is 18.6 Å². The summed E-state index contributed by atoms with van der Waals surface area (Å²) in [6, 6.07) is 7.62. The smallest absolute Gasteiger partial charge is 0.344 e. The summed E-state index contributed by atoms with van der Waals surface area (Å²) >= 11 is 0. The van der Waals surface area contributed by atoms with Gasteiger partial charge in [-0.05, 0) is 56.4 Å². The molecule has 5 atom stereocenters. The molecular formula is C29H31NO8. The lowest BCUT2D eigenvalue weighted by atomic mass is 9.86. The summed E-state index contributed by atoms with van der Waals surface area (Å²) in [4.78, 5) is 15.1. The van der Waals surface area contributed by atoms with Gasteiger partial charge in [0.15, 0.2) is 0 Å². The van der Waals surface area contributed by atoms with Crippen molar-refractivity contribution >= 4 is 38.6 Å². The third kappa shape index (κ3) is 3.82. The fourth-order valence-corrected chi connectivity index (χ4v) is 5.62. The van der Waals surface area contributed by atoms with Crippen LogP contribution in [0.15, 0.2) is 46.1 Å². The average Bonchev–Trinajstić information content (AvgIpc) is 2.90. The Bertz CT molecular complexity index is 1630. The van der Waals surface area contributed by atoms with Crippen LogP contribution in [-0.2, 0) is 4.74 Å². The van der Waals surface area contributed by atoms with E-state index in [1.165, 1.54) is 20.3 Å². The first kappa shape index (κ1) is 26.0. The first-order chi connectivity index (χ1) is 18.1. The van der Waals surface area contributed by atoms with Crippen molar-refractivity contribution in [3.8, 4) is 17.2 Å². The van der Waals surface area contributed by atoms with Crippen LogP contribution < -0.4 is 15.1 Å². The average molecular weight is 522 g/mol. The van der Waals surface area contributed by atoms with E-state index in [2.05, 4.69) is 6.58 Å². The zero-order valence-electron chi connectivity index (χ0n) is 21.9. The molecule has 4 aromatic rings. The van der Waals surface area contributed by atoms with Crippen molar-refractivity contribution in [3.05, 3.63) is 58.5 Å². The standard InChI is InChI=1S/C29H31NO8/c1-7-14-10-17-21(19(11-14)35-5)16-12-20(36-6)23-18(31)9-8-15(22(23)27(16)38-29(17)34)28-26(33)24(30(3)4)25(32)13(2)37-28/h7-13,24-26,28,31-33H,1H2,2-6H3/t13-,24-,25-,26-,28-/m1/s1. The van der Waals surface area contributed by atoms with E-state index in [9.17, 15) is 20.1 Å². The molecule has 38 heavy (non-hydrogen) atoms. The van der Waals surface area contributed by atoms with Gasteiger partial charge in [-0.3, -0.25) is 0 Å². The number of phenols is 1. The van der Waals surface area contributed by atoms with Crippen LogP contribution in [0.2, 0.25) is 0 Å². The van der Waals surface area contributed by atoms with Crippen LogP contribution in [0.3, 0.4) is 0 Å². The first-order valence-electron chi connectivity index (χ1n) is 12.2. The van der Waals surface area contributed by atoms with E-state index in [1.807, 2.05) is 0 Å². The van der Waals surface area contributed by atoms with Crippen molar-refractivity contribution in [3.63, 3.8) is 0 Å². The van der Waals surface area contributed by atoms with Gasteiger partial charge < -0.3 is 38.8 Å². The normalized spacial score (nSPS) is 23.8. The lowest BCUT2D eigenvalue weighted by molar-refractivity contribution is -0.197. The maximum absolute atomic E-state index is 13.3. The molecule has 9 nitrogen and oxygen atoms in total. The number of hydrogen-bond acceptors (Lipinski definition) is 9. The Hall–Kier alpha value is -3.63. The van der Waals surface area contributed by atoms with Crippen LogP contribution >= 0.6 is 0 Å². The van der Waals surface area contributed by atoms with Crippen LogP contribution in [0.5, 0.6) is 17.2 Å². The maximum Gasteiger partial charge on any atom is 0.344 e. The highest BCUT2D eigenvalue weighted by Crippen LogP contribution is 2.47. The first-order valence-corrected chi connectivity index (χ1v) is 12.2. The summed E-state index contributed by atoms with van der Waals surface area (Å²) in [6.45, 7) is 5.52. The highest BCUT2D eigenvalue weighted by molar-refractivity contribution is 6.19. The van der Waals surface area contributed by atoms with Crippen molar-refractivity contribution in [1.82, 2.24) is 4.90 Å². The number of aliphatic hydroxyl groups excluding tert-OH is 2. The molecule has 3 aromatic carbocycles. The molecule has 200 valence electrons. The van der Waals surface area contributed by atoms with Crippen LogP contribution in [0.4, 0.5) is 0 Å². The molecule has 0 spiro atoms. The summed E-state index contributed by atoms with van der Waals surface area (Å²) < 4.78 is 23.4. The molecule has 1 saturated heterocycles. The van der Waals surface area contributed by atoms with Gasteiger partial charge >= 0.3 is 5.63 Å². The van der Waals surface area contributed by atoms with E-state index in [0.29, 0.717) is 49.6 Å². The number of phenolic OH excluding ortho intramolecular Hbond substituents is 1. The third-order valence-corrected chi connectivity index (χ3v) is 7.45.